The Bertz CT molecular complexity index is 485. The number of rotatable bonds is 3. The topological polar surface area (TPSA) is 46.5 Å². The van der Waals surface area contributed by atoms with Crippen molar-refractivity contribution in [2.75, 3.05) is 0 Å². The molecule has 0 amide bonds. The number of unbranched alkanes of at least 4 members (excludes halogenated alkanes) is 1. The van der Waals surface area contributed by atoms with Crippen LogP contribution in [-0.4, -0.2) is 19.5 Å². The first-order valence-electron chi connectivity index (χ1n) is 4.71. The number of nitrogens with one attached hydrogen (secondary N) is 1. The van der Waals surface area contributed by atoms with E-state index >= 15 is 0 Å². The van der Waals surface area contributed by atoms with Gasteiger partial charge in [-0.3, -0.25) is 0 Å². The highest BCUT2D eigenvalue weighted by Crippen LogP contribution is 2.09. The van der Waals surface area contributed by atoms with Crippen LogP contribution in [0.1, 0.15) is 19.8 Å². The summed E-state index contributed by atoms with van der Waals surface area (Å²) in [7, 11) is 0. The van der Waals surface area contributed by atoms with Gasteiger partial charge in [0.2, 0.25) is 0 Å². The molecule has 0 aromatic carbocycles. The second-order valence-corrected chi connectivity index (χ2v) is 3.58. The van der Waals surface area contributed by atoms with Crippen molar-refractivity contribution in [3.63, 3.8) is 0 Å². The van der Waals surface area contributed by atoms with E-state index in [2.05, 4.69) is 21.9 Å². The van der Waals surface area contributed by atoms with Gasteiger partial charge in [0.1, 0.15) is 5.52 Å². The van der Waals surface area contributed by atoms with Crippen LogP contribution in [0, 0.1) is 4.64 Å². The van der Waals surface area contributed by atoms with Crippen molar-refractivity contribution >= 4 is 23.4 Å². The van der Waals surface area contributed by atoms with E-state index in [1.54, 1.807) is 12.7 Å². The van der Waals surface area contributed by atoms with Crippen molar-refractivity contribution in [2.24, 2.45) is 0 Å². The standard InChI is InChI=1S/C9H12N4S/c1-2-3-4-13-6-12-9(14)7-8(13)11-5-10-7/h5-6H,2-4H2,1H3,(H,10,11). The van der Waals surface area contributed by atoms with Crippen LogP contribution >= 0.6 is 12.2 Å². The minimum absolute atomic E-state index is 0.588. The number of imidazole rings is 1. The second kappa shape index (κ2) is 3.88. The third-order valence-corrected chi connectivity index (χ3v) is 2.48. The first-order chi connectivity index (χ1) is 6.83. The molecule has 1 N–H and O–H groups in total. The number of H-pyrrole nitrogens is 1. The van der Waals surface area contributed by atoms with Crippen LogP contribution in [0.4, 0.5) is 0 Å². The number of hydrogen-bond acceptors (Lipinski definition) is 3. The SMILES string of the molecule is CCCCn1cnc(=S)c2[nH]cnc21. The molecule has 0 spiro atoms. The van der Waals surface area contributed by atoms with E-state index in [-0.39, 0.29) is 0 Å². The lowest BCUT2D eigenvalue weighted by atomic mass is 10.3. The van der Waals surface area contributed by atoms with E-state index in [0.29, 0.717) is 4.64 Å². The number of nitrogens with zero attached hydrogens (tertiary/aromatic N) is 3. The molecule has 74 valence electrons. The summed E-state index contributed by atoms with van der Waals surface area (Å²) in [5.41, 5.74) is 1.76. The lowest BCUT2D eigenvalue weighted by Gasteiger charge is -2.04. The Morgan fingerprint density at radius 2 is 2.36 bits per heavy atom. The second-order valence-electron chi connectivity index (χ2n) is 3.20. The van der Waals surface area contributed by atoms with E-state index < -0.39 is 0 Å². The zero-order chi connectivity index (χ0) is 9.97. The summed E-state index contributed by atoms with van der Waals surface area (Å²) in [4.78, 5) is 11.4. The molecule has 5 heteroatoms. The van der Waals surface area contributed by atoms with Crippen molar-refractivity contribution in [3.05, 3.63) is 17.3 Å². The molecule has 2 aromatic rings. The number of aryl methyl sites for hydroxylation is 1. The van der Waals surface area contributed by atoms with Gasteiger partial charge in [-0.05, 0) is 6.42 Å². The summed E-state index contributed by atoms with van der Waals surface area (Å²) in [6, 6.07) is 0. The Kier molecular flexibility index (Phi) is 2.58. The van der Waals surface area contributed by atoms with Crippen molar-refractivity contribution < 1.29 is 0 Å². The normalized spacial score (nSPS) is 10.9. The van der Waals surface area contributed by atoms with Gasteiger partial charge in [0.25, 0.3) is 0 Å². The molecule has 0 saturated carbocycles. The van der Waals surface area contributed by atoms with E-state index in [1.165, 1.54) is 0 Å². The fourth-order valence-corrected chi connectivity index (χ4v) is 1.59. The number of hydrogen-bond donors (Lipinski definition) is 1. The maximum atomic E-state index is 5.08. The van der Waals surface area contributed by atoms with E-state index in [9.17, 15) is 0 Å². The molecule has 0 fully saturated rings. The molecule has 0 aliphatic rings. The van der Waals surface area contributed by atoms with Gasteiger partial charge in [0, 0.05) is 6.54 Å². The van der Waals surface area contributed by atoms with Crippen molar-refractivity contribution in [3.8, 4) is 0 Å². The highest BCUT2D eigenvalue weighted by atomic mass is 32.1. The Morgan fingerprint density at radius 3 is 3.14 bits per heavy atom. The number of aromatic amines is 1. The molecular weight excluding hydrogens is 196 g/mol. The average molecular weight is 208 g/mol. The van der Waals surface area contributed by atoms with Crippen molar-refractivity contribution in [2.45, 2.75) is 26.3 Å². The first-order valence-corrected chi connectivity index (χ1v) is 5.12. The summed E-state index contributed by atoms with van der Waals surface area (Å²) in [6.45, 7) is 3.11. The summed E-state index contributed by atoms with van der Waals surface area (Å²) >= 11 is 5.08. The van der Waals surface area contributed by atoms with Crippen LogP contribution in [0.2, 0.25) is 0 Å². The zero-order valence-corrected chi connectivity index (χ0v) is 8.84. The Balaban J connectivity index is 2.50. The lowest BCUT2D eigenvalue weighted by Crippen LogP contribution is -2.01. The maximum Gasteiger partial charge on any atom is 0.162 e. The molecular formula is C9H12N4S. The minimum atomic E-state index is 0.588. The molecule has 14 heavy (non-hydrogen) atoms. The molecule has 0 aliphatic heterocycles. The molecule has 0 bridgehead atoms. The lowest BCUT2D eigenvalue weighted by molar-refractivity contribution is 0.633. The first kappa shape index (κ1) is 9.33. The summed E-state index contributed by atoms with van der Waals surface area (Å²) in [6.07, 6.45) is 5.71. The molecule has 0 radical (unpaired) electrons. The molecule has 0 unspecified atom stereocenters. The van der Waals surface area contributed by atoms with Crippen LogP contribution in [0.3, 0.4) is 0 Å². The quantitative estimate of drug-likeness (QED) is 0.787. The predicted molar refractivity (Wildman–Crippen MR) is 57.6 cm³/mol. The van der Waals surface area contributed by atoms with Gasteiger partial charge < -0.3 is 9.55 Å². The van der Waals surface area contributed by atoms with Crippen LogP contribution in [-0.2, 0) is 6.54 Å². The summed E-state index contributed by atoms with van der Waals surface area (Å²) in [5, 5.41) is 0. The van der Waals surface area contributed by atoms with Crippen molar-refractivity contribution in [1.82, 2.24) is 19.5 Å². The van der Waals surface area contributed by atoms with Crippen LogP contribution in [0.25, 0.3) is 11.2 Å². The fraction of sp³-hybridized carbons (Fsp3) is 0.444. The molecule has 0 atom stereocenters. The third-order valence-electron chi connectivity index (χ3n) is 2.17. The Labute approximate surface area is 87.0 Å². The molecule has 2 aromatic heterocycles. The maximum absolute atomic E-state index is 5.08. The Morgan fingerprint density at radius 1 is 1.50 bits per heavy atom. The van der Waals surface area contributed by atoms with Crippen LogP contribution < -0.4 is 0 Å². The zero-order valence-electron chi connectivity index (χ0n) is 8.03. The number of fused-ring (bicyclic) bond motifs is 1. The summed E-state index contributed by atoms with van der Waals surface area (Å²) < 4.78 is 2.62. The highest BCUT2D eigenvalue weighted by molar-refractivity contribution is 7.71. The molecule has 2 heterocycles. The third kappa shape index (κ3) is 1.55. The molecule has 4 nitrogen and oxygen atoms in total. The van der Waals surface area contributed by atoms with Gasteiger partial charge in [-0.2, -0.15) is 0 Å². The number of aromatic nitrogens is 4. The van der Waals surface area contributed by atoms with E-state index in [4.69, 9.17) is 12.2 Å². The smallest absolute Gasteiger partial charge is 0.162 e. The predicted octanol–water partition coefficient (Wildman–Crippen LogP) is 2.29. The van der Waals surface area contributed by atoms with Crippen LogP contribution in [0.5, 0.6) is 0 Å². The highest BCUT2D eigenvalue weighted by Gasteiger charge is 2.02. The van der Waals surface area contributed by atoms with E-state index in [0.717, 1.165) is 30.6 Å². The van der Waals surface area contributed by atoms with Crippen molar-refractivity contribution in [1.29, 1.82) is 0 Å². The molecule has 2 rings (SSSR count). The van der Waals surface area contributed by atoms with Gasteiger partial charge in [0.15, 0.2) is 10.3 Å². The van der Waals surface area contributed by atoms with Gasteiger partial charge in [-0.25, -0.2) is 9.97 Å². The largest absolute Gasteiger partial charge is 0.341 e. The van der Waals surface area contributed by atoms with Gasteiger partial charge in [0.05, 0.1) is 12.7 Å². The minimum Gasteiger partial charge on any atom is -0.341 e. The molecule has 0 saturated heterocycles. The monoisotopic (exact) mass is 208 g/mol. The van der Waals surface area contributed by atoms with Crippen LogP contribution in [0.15, 0.2) is 12.7 Å². The molecule has 0 aliphatic carbocycles. The Hall–Kier alpha value is -1.23. The van der Waals surface area contributed by atoms with Gasteiger partial charge in [-0.15, -0.1) is 0 Å². The summed E-state index contributed by atoms with van der Waals surface area (Å²) in [5.74, 6) is 0. The average Bonchev–Trinajstić information content (AvgIpc) is 2.66. The fourth-order valence-electron chi connectivity index (χ4n) is 1.40. The van der Waals surface area contributed by atoms with E-state index in [1.807, 2.05) is 4.57 Å². The van der Waals surface area contributed by atoms with Gasteiger partial charge in [-0.1, -0.05) is 25.6 Å². The van der Waals surface area contributed by atoms with Gasteiger partial charge >= 0.3 is 0 Å².